The molecule has 0 amide bonds. The molecule has 0 bridgehead atoms. The summed E-state index contributed by atoms with van der Waals surface area (Å²) < 4.78 is 5.52. The van der Waals surface area contributed by atoms with E-state index in [9.17, 15) is 4.79 Å². The number of rotatable bonds is 4. The van der Waals surface area contributed by atoms with Gasteiger partial charge < -0.3 is 14.5 Å². The van der Waals surface area contributed by atoms with Crippen LogP contribution >= 0.6 is 0 Å². The molecular weight excluding hydrogens is 318 g/mol. The number of aromatic nitrogens is 1. The van der Waals surface area contributed by atoms with Gasteiger partial charge in [0.2, 0.25) is 0 Å². The third kappa shape index (κ3) is 2.99. The molecule has 0 radical (unpaired) electrons. The molecule has 4 rings (SSSR count). The topological polar surface area (TPSA) is 69.8 Å². The average molecular weight is 343 g/mol. The number of piperidine rings is 1. The Labute approximate surface area is 147 Å². The lowest BCUT2D eigenvalue weighted by Gasteiger charge is -2.51. The third-order valence-corrected chi connectivity index (χ3v) is 5.82. The summed E-state index contributed by atoms with van der Waals surface area (Å²) in [6.45, 7) is 5.00. The van der Waals surface area contributed by atoms with Crippen molar-refractivity contribution in [2.45, 2.75) is 44.7 Å². The van der Waals surface area contributed by atoms with E-state index in [1.54, 1.807) is 0 Å². The molecule has 2 fully saturated rings. The first kappa shape index (κ1) is 16.4. The molecule has 1 aromatic carbocycles. The molecule has 3 atom stereocenters. The predicted octanol–water partition coefficient (Wildman–Crippen LogP) is 2.98. The molecule has 2 aliphatic rings. The van der Waals surface area contributed by atoms with Gasteiger partial charge in [-0.3, -0.25) is 9.69 Å². The second-order valence-electron chi connectivity index (χ2n) is 7.27. The van der Waals surface area contributed by atoms with Gasteiger partial charge in [-0.15, -0.1) is 0 Å². The fourth-order valence-electron chi connectivity index (χ4n) is 4.70. The molecule has 0 saturated carbocycles. The molecule has 3 heterocycles. The van der Waals surface area contributed by atoms with Gasteiger partial charge >= 0.3 is 5.97 Å². The zero-order valence-electron chi connectivity index (χ0n) is 14.6. The van der Waals surface area contributed by atoms with E-state index in [0.29, 0.717) is 12.1 Å². The monoisotopic (exact) mass is 343 g/mol. The molecule has 3 unspecified atom stereocenters. The summed E-state index contributed by atoms with van der Waals surface area (Å²) in [5, 5.41) is 14.5. The number of carboxylic acids is 1. The number of benzene rings is 1. The van der Waals surface area contributed by atoms with Crippen LogP contribution in [0.15, 0.2) is 28.8 Å². The van der Waals surface area contributed by atoms with Crippen LogP contribution in [0.3, 0.4) is 0 Å². The summed E-state index contributed by atoms with van der Waals surface area (Å²) in [6, 6.07) is 8.89. The van der Waals surface area contributed by atoms with Crippen LogP contribution in [0.5, 0.6) is 0 Å². The Kier molecular flexibility index (Phi) is 4.37. The van der Waals surface area contributed by atoms with E-state index in [1.807, 2.05) is 18.2 Å². The van der Waals surface area contributed by atoms with E-state index >= 15 is 0 Å². The van der Waals surface area contributed by atoms with Crippen molar-refractivity contribution in [3.8, 4) is 0 Å². The van der Waals surface area contributed by atoms with E-state index < -0.39 is 5.97 Å². The summed E-state index contributed by atoms with van der Waals surface area (Å²) in [6.07, 6.45) is 3.39. The number of carboxylic acid groups (broad SMARTS) is 1. The van der Waals surface area contributed by atoms with Crippen LogP contribution in [-0.4, -0.2) is 52.9 Å². The third-order valence-electron chi connectivity index (χ3n) is 5.82. The highest BCUT2D eigenvalue weighted by atomic mass is 16.5. The first-order valence-corrected chi connectivity index (χ1v) is 9.24. The van der Waals surface area contributed by atoms with Crippen molar-refractivity contribution in [2.24, 2.45) is 5.92 Å². The predicted molar refractivity (Wildman–Crippen MR) is 95.8 cm³/mol. The van der Waals surface area contributed by atoms with Crippen molar-refractivity contribution in [3.05, 3.63) is 24.3 Å². The standard InChI is InChI=1S/C19H25N3O3/c1-2-15-16-8-7-13(11-18(23)24)12-21(16)9-10-22(15)19-14-5-3-4-6-17(14)25-20-19/h3-6,13,15-16H,2,7-12H2,1H3,(H,23,24). The van der Waals surface area contributed by atoms with Gasteiger partial charge in [0.25, 0.3) is 0 Å². The van der Waals surface area contributed by atoms with Crippen molar-refractivity contribution in [3.63, 3.8) is 0 Å². The maximum atomic E-state index is 11.0. The lowest BCUT2D eigenvalue weighted by atomic mass is 9.84. The van der Waals surface area contributed by atoms with Crippen molar-refractivity contribution < 1.29 is 14.4 Å². The number of piperazine rings is 1. The Morgan fingerprint density at radius 3 is 2.96 bits per heavy atom. The Balaban J connectivity index is 1.56. The number of carbonyl (C=O) groups is 1. The van der Waals surface area contributed by atoms with Crippen molar-refractivity contribution in [1.29, 1.82) is 0 Å². The van der Waals surface area contributed by atoms with Crippen LogP contribution in [0, 0.1) is 5.92 Å². The number of fused-ring (bicyclic) bond motifs is 2. The van der Waals surface area contributed by atoms with Crippen LogP contribution in [0.2, 0.25) is 0 Å². The minimum absolute atomic E-state index is 0.283. The molecule has 0 spiro atoms. The Morgan fingerprint density at radius 1 is 1.32 bits per heavy atom. The van der Waals surface area contributed by atoms with Gasteiger partial charge in [0, 0.05) is 38.1 Å². The quantitative estimate of drug-likeness (QED) is 0.920. The van der Waals surface area contributed by atoms with E-state index in [4.69, 9.17) is 9.63 Å². The summed E-state index contributed by atoms with van der Waals surface area (Å²) >= 11 is 0. The van der Waals surface area contributed by atoms with Gasteiger partial charge in [-0.05, 0) is 37.3 Å². The molecule has 134 valence electrons. The summed E-state index contributed by atoms with van der Waals surface area (Å²) in [4.78, 5) is 15.9. The van der Waals surface area contributed by atoms with Crippen LogP contribution in [0.25, 0.3) is 11.0 Å². The maximum Gasteiger partial charge on any atom is 0.303 e. The zero-order valence-corrected chi connectivity index (χ0v) is 14.6. The molecule has 0 aliphatic carbocycles. The highest BCUT2D eigenvalue weighted by molar-refractivity contribution is 5.88. The van der Waals surface area contributed by atoms with Crippen molar-refractivity contribution in [2.75, 3.05) is 24.5 Å². The highest BCUT2D eigenvalue weighted by Gasteiger charge is 2.40. The lowest BCUT2D eigenvalue weighted by Crippen LogP contribution is -2.62. The molecule has 1 aromatic heterocycles. The first-order chi connectivity index (χ1) is 12.2. The molecule has 6 nitrogen and oxygen atoms in total. The number of para-hydroxylation sites is 1. The molecule has 6 heteroatoms. The summed E-state index contributed by atoms with van der Waals surface area (Å²) in [7, 11) is 0. The van der Waals surface area contributed by atoms with E-state index in [1.165, 1.54) is 0 Å². The van der Waals surface area contributed by atoms with Crippen LogP contribution in [0.1, 0.15) is 32.6 Å². The minimum atomic E-state index is -0.678. The van der Waals surface area contributed by atoms with E-state index in [0.717, 1.165) is 55.7 Å². The molecule has 25 heavy (non-hydrogen) atoms. The Morgan fingerprint density at radius 2 is 2.16 bits per heavy atom. The molecule has 2 aromatic rings. The van der Waals surface area contributed by atoms with E-state index in [2.05, 4.69) is 27.9 Å². The second kappa shape index (κ2) is 6.67. The van der Waals surface area contributed by atoms with Crippen LogP contribution in [-0.2, 0) is 4.79 Å². The number of nitrogens with zero attached hydrogens (tertiary/aromatic N) is 3. The van der Waals surface area contributed by atoms with Gasteiger partial charge in [0.05, 0.1) is 5.39 Å². The fourth-order valence-corrected chi connectivity index (χ4v) is 4.70. The Hall–Kier alpha value is -2.08. The minimum Gasteiger partial charge on any atom is -0.481 e. The maximum absolute atomic E-state index is 11.0. The Bertz CT molecular complexity index is 759. The van der Waals surface area contributed by atoms with Crippen molar-refractivity contribution >= 4 is 22.8 Å². The van der Waals surface area contributed by atoms with Gasteiger partial charge in [0.1, 0.15) is 0 Å². The molecule has 2 aliphatic heterocycles. The molecular formula is C19H25N3O3. The van der Waals surface area contributed by atoms with Crippen LogP contribution in [0.4, 0.5) is 5.82 Å². The largest absolute Gasteiger partial charge is 0.481 e. The first-order valence-electron chi connectivity index (χ1n) is 9.24. The van der Waals surface area contributed by atoms with Gasteiger partial charge in [-0.1, -0.05) is 24.2 Å². The molecule has 2 saturated heterocycles. The highest BCUT2D eigenvalue weighted by Crippen LogP contribution is 2.36. The number of anilines is 1. The smallest absolute Gasteiger partial charge is 0.303 e. The summed E-state index contributed by atoms with van der Waals surface area (Å²) in [5.41, 5.74) is 0.833. The SMILES string of the molecule is CCC1C2CCC(CC(=O)O)CN2CCN1c1noc2ccccc12. The normalized spacial score (nSPS) is 27.4. The van der Waals surface area contributed by atoms with Crippen molar-refractivity contribution in [1.82, 2.24) is 10.1 Å². The average Bonchev–Trinajstić information content (AvgIpc) is 3.04. The van der Waals surface area contributed by atoms with Gasteiger partial charge in [-0.25, -0.2) is 0 Å². The number of hydrogen-bond acceptors (Lipinski definition) is 5. The second-order valence-corrected chi connectivity index (χ2v) is 7.27. The fraction of sp³-hybridized carbons (Fsp3) is 0.579. The number of hydrogen-bond donors (Lipinski definition) is 1. The van der Waals surface area contributed by atoms with Crippen LogP contribution < -0.4 is 4.90 Å². The summed E-state index contributed by atoms with van der Waals surface area (Å²) in [5.74, 6) is 0.559. The number of aliphatic carboxylic acids is 1. The molecule has 1 N–H and O–H groups in total. The lowest BCUT2D eigenvalue weighted by molar-refractivity contribution is -0.138. The van der Waals surface area contributed by atoms with Gasteiger partial charge in [0.15, 0.2) is 11.4 Å². The van der Waals surface area contributed by atoms with E-state index in [-0.39, 0.29) is 12.3 Å². The zero-order chi connectivity index (χ0) is 17.4. The van der Waals surface area contributed by atoms with Gasteiger partial charge in [-0.2, -0.15) is 0 Å².